The highest BCUT2D eigenvalue weighted by molar-refractivity contribution is 7.14. The van der Waals surface area contributed by atoms with Gasteiger partial charge in [0.2, 0.25) is 0 Å². The fourth-order valence-corrected chi connectivity index (χ4v) is 3.33. The van der Waals surface area contributed by atoms with Gasteiger partial charge in [-0.2, -0.15) is 4.73 Å². The van der Waals surface area contributed by atoms with Gasteiger partial charge in [-0.25, -0.2) is 4.98 Å². The maximum absolute atomic E-state index is 10.5. The molecule has 6 heteroatoms. The second-order valence-electron chi connectivity index (χ2n) is 4.70. The standard InChI is InChI=1S/C15H15N3O2S/c1-9-8-21-14(13(9)20-3)15-17-10(2)12(18(15)19)11-5-4-6-16-7-11/h4-8,19H,1-3H3. The van der Waals surface area contributed by atoms with E-state index in [1.165, 1.54) is 11.3 Å². The van der Waals surface area contributed by atoms with Gasteiger partial charge in [-0.05, 0) is 31.4 Å². The van der Waals surface area contributed by atoms with Gasteiger partial charge in [0.1, 0.15) is 16.3 Å². The second-order valence-corrected chi connectivity index (χ2v) is 5.58. The van der Waals surface area contributed by atoms with Crippen molar-refractivity contribution in [2.24, 2.45) is 0 Å². The van der Waals surface area contributed by atoms with E-state index in [1.807, 2.05) is 31.4 Å². The molecule has 0 aromatic carbocycles. The predicted molar refractivity (Wildman–Crippen MR) is 82.0 cm³/mol. The van der Waals surface area contributed by atoms with Crippen molar-refractivity contribution in [2.45, 2.75) is 13.8 Å². The summed E-state index contributed by atoms with van der Waals surface area (Å²) in [6.45, 7) is 3.84. The van der Waals surface area contributed by atoms with Crippen molar-refractivity contribution < 1.29 is 9.94 Å². The Hall–Kier alpha value is -2.34. The average molecular weight is 301 g/mol. The van der Waals surface area contributed by atoms with Crippen LogP contribution in [0.15, 0.2) is 29.9 Å². The van der Waals surface area contributed by atoms with Crippen LogP contribution in [0.1, 0.15) is 11.3 Å². The number of imidazole rings is 1. The molecule has 0 bridgehead atoms. The molecule has 0 fully saturated rings. The number of hydrogen-bond acceptors (Lipinski definition) is 5. The number of aryl methyl sites for hydroxylation is 2. The number of nitrogens with zero attached hydrogens (tertiary/aromatic N) is 3. The predicted octanol–water partition coefficient (Wildman–Crippen LogP) is 3.54. The van der Waals surface area contributed by atoms with Gasteiger partial charge in [0, 0.05) is 23.5 Å². The molecule has 108 valence electrons. The smallest absolute Gasteiger partial charge is 0.190 e. The Kier molecular flexibility index (Phi) is 3.39. The Morgan fingerprint density at radius 2 is 2.14 bits per heavy atom. The van der Waals surface area contributed by atoms with Crippen LogP contribution in [0.2, 0.25) is 0 Å². The first-order valence-corrected chi connectivity index (χ1v) is 7.33. The van der Waals surface area contributed by atoms with Crippen molar-refractivity contribution in [3.05, 3.63) is 41.2 Å². The van der Waals surface area contributed by atoms with Crippen molar-refractivity contribution in [3.63, 3.8) is 0 Å². The van der Waals surface area contributed by atoms with E-state index in [0.29, 0.717) is 11.5 Å². The third-order valence-electron chi connectivity index (χ3n) is 3.29. The fraction of sp³-hybridized carbons (Fsp3) is 0.200. The molecule has 0 saturated carbocycles. The molecule has 0 spiro atoms. The molecular weight excluding hydrogens is 286 g/mol. The first-order chi connectivity index (χ1) is 10.1. The largest absolute Gasteiger partial charge is 0.495 e. The lowest BCUT2D eigenvalue weighted by atomic mass is 10.2. The molecule has 0 amide bonds. The molecule has 0 radical (unpaired) electrons. The molecule has 0 saturated heterocycles. The van der Waals surface area contributed by atoms with Crippen molar-refractivity contribution >= 4 is 11.3 Å². The summed E-state index contributed by atoms with van der Waals surface area (Å²) in [5, 5.41) is 12.5. The van der Waals surface area contributed by atoms with Gasteiger partial charge in [0.25, 0.3) is 0 Å². The minimum absolute atomic E-state index is 0.487. The fourth-order valence-electron chi connectivity index (χ4n) is 2.34. The quantitative estimate of drug-likeness (QED) is 0.752. The summed E-state index contributed by atoms with van der Waals surface area (Å²) >= 11 is 1.50. The third-order valence-corrected chi connectivity index (χ3v) is 4.36. The summed E-state index contributed by atoms with van der Waals surface area (Å²) in [6.07, 6.45) is 3.40. The topological polar surface area (TPSA) is 60.2 Å². The highest BCUT2D eigenvalue weighted by Gasteiger charge is 2.22. The number of hydrogen-bond donors (Lipinski definition) is 1. The number of thiophene rings is 1. The van der Waals surface area contributed by atoms with Crippen LogP contribution in [0, 0.1) is 13.8 Å². The van der Waals surface area contributed by atoms with E-state index >= 15 is 0 Å². The van der Waals surface area contributed by atoms with Crippen LogP contribution in [0.3, 0.4) is 0 Å². The lowest BCUT2D eigenvalue weighted by Crippen LogP contribution is -1.97. The summed E-state index contributed by atoms with van der Waals surface area (Å²) in [5.41, 5.74) is 3.24. The second kappa shape index (κ2) is 5.21. The number of aromatic nitrogens is 3. The Balaban J connectivity index is 2.19. The van der Waals surface area contributed by atoms with Crippen LogP contribution < -0.4 is 4.74 Å². The summed E-state index contributed by atoms with van der Waals surface area (Å²) in [5.74, 6) is 1.24. The molecule has 3 aromatic rings. The molecule has 0 aliphatic rings. The van der Waals surface area contributed by atoms with Crippen LogP contribution in [0.4, 0.5) is 0 Å². The normalized spacial score (nSPS) is 10.8. The highest BCUT2D eigenvalue weighted by atomic mass is 32.1. The lowest BCUT2D eigenvalue weighted by Gasteiger charge is -2.05. The molecule has 1 N–H and O–H groups in total. The summed E-state index contributed by atoms with van der Waals surface area (Å²) in [7, 11) is 1.62. The van der Waals surface area contributed by atoms with Gasteiger partial charge in [-0.15, -0.1) is 11.3 Å². The summed E-state index contributed by atoms with van der Waals surface area (Å²) in [6, 6.07) is 3.72. The Labute approximate surface area is 126 Å². The first kappa shape index (κ1) is 13.6. The van der Waals surface area contributed by atoms with Crippen LogP contribution in [0.5, 0.6) is 5.75 Å². The maximum atomic E-state index is 10.5. The third kappa shape index (κ3) is 2.17. The summed E-state index contributed by atoms with van der Waals surface area (Å²) < 4.78 is 6.53. The Morgan fingerprint density at radius 1 is 1.33 bits per heavy atom. The van der Waals surface area contributed by atoms with Gasteiger partial charge >= 0.3 is 0 Å². The summed E-state index contributed by atoms with van der Waals surface area (Å²) in [4.78, 5) is 9.40. The van der Waals surface area contributed by atoms with Gasteiger partial charge < -0.3 is 9.94 Å². The Morgan fingerprint density at radius 3 is 2.81 bits per heavy atom. The van der Waals surface area contributed by atoms with Crippen molar-refractivity contribution in [3.8, 4) is 27.7 Å². The average Bonchev–Trinajstić information content (AvgIpc) is 2.99. The molecule has 21 heavy (non-hydrogen) atoms. The number of methoxy groups -OCH3 is 1. The van der Waals surface area contributed by atoms with E-state index in [-0.39, 0.29) is 0 Å². The van der Waals surface area contributed by atoms with Crippen molar-refractivity contribution in [1.82, 2.24) is 14.7 Å². The molecule has 0 aliphatic carbocycles. The maximum Gasteiger partial charge on any atom is 0.190 e. The zero-order valence-corrected chi connectivity index (χ0v) is 12.8. The van der Waals surface area contributed by atoms with Crippen LogP contribution in [0.25, 0.3) is 22.0 Å². The lowest BCUT2D eigenvalue weighted by molar-refractivity contribution is 0.195. The van der Waals surface area contributed by atoms with Crippen molar-refractivity contribution in [1.29, 1.82) is 0 Å². The number of ether oxygens (including phenoxy) is 1. The van der Waals surface area contributed by atoms with Gasteiger partial charge in [0.15, 0.2) is 5.82 Å². The van der Waals surface area contributed by atoms with Crippen LogP contribution in [-0.2, 0) is 0 Å². The van der Waals surface area contributed by atoms with Gasteiger partial charge in [-0.1, -0.05) is 0 Å². The molecular formula is C15H15N3O2S. The molecule has 3 aromatic heterocycles. The molecule has 0 aliphatic heterocycles. The van der Waals surface area contributed by atoms with E-state index in [1.54, 1.807) is 19.5 Å². The Bertz CT molecular complexity index is 778. The van der Waals surface area contributed by atoms with Crippen LogP contribution >= 0.6 is 11.3 Å². The minimum atomic E-state index is 0.487. The SMILES string of the molecule is COc1c(C)csc1-c1nc(C)c(-c2cccnc2)n1O. The highest BCUT2D eigenvalue weighted by Crippen LogP contribution is 2.39. The van der Waals surface area contributed by atoms with E-state index in [2.05, 4.69) is 9.97 Å². The van der Waals surface area contributed by atoms with Crippen LogP contribution in [-0.4, -0.2) is 27.0 Å². The monoisotopic (exact) mass is 301 g/mol. The number of pyridine rings is 1. The van der Waals surface area contributed by atoms with E-state index in [9.17, 15) is 5.21 Å². The van der Waals surface area contributed by atoms with Crippen molar-refractivity contribution in [2.75, 3.05) is 7.11 Å². The van der Waals surface area contributed by atoms with E-state index in [0.717, 1.165) is 32.2 Å². The zero-order valence-electron chi connectivity index (χ0n) is 12.0. The number of rotatable bonds is 3. The molecule has 5 nitrogen and oxygen atoms in total. The van der Waals surface area contributed by atoms with Gasteiger partial charge in [0.05, 0.1) is 12.8 Å². The van der Waals surface area contributed by atoms with E-state index < -0.39 is 0 Å². The molecule has 3 heterocycles. The zero-order chi connectivity index (χ0) is 15.0. The first-order valence-electron chi connectivity index (χ1n) is 6.45. The van der Waals surface area contributed by atoms with E-state index in [4.69, 9.17) is 4.74 Å². The molecule has 3 rings (SSSR count). The molecule has 0 atom stereocenters. The molecule has 0 unspecified atom stereocenters. The minimum Gasteiger partial charge on any atom is -0.495 e. The van der Waals surface area contributed by atoms with Gasteiger partial charge in [-0.3, -0.25) is 4.98 Å².